The van der Waals surface area contributed by atoms with Crippen LogP contribution in [-0.4, -0.2) is 56.0 Å². The Balaban J connectivity index is 1.55. The van der Waals surface area contributed by atoms with Crippen LogP contribution < -0.4 is 10.9 Å². The maximum absolute atomic E-state index is 12.8. The maximum Gasteiger partial charge on any atom is 0.259 e. The number of anilines is 1. The lowest BCUT2D eigenvalue weighted by molar-refractivity contribution is -0.0586. The number of rotatable bonds is 4. The number of hydrogen-bond acceptors (Lipinski definition) is 7. The molecule has 0 bridgehead atoms. The minimum Gasteiger partial charge on any atom is -0.372 e. The SMILES string of the molecule is Cc1nc2cc(Cl)c(C(C)Nc3ncc(C(=O)N4C[C@@H](C)O[C@@H](C)C4)cn3)c(C)c2c(=O)[nH]1. The molecule has 9 nitrogen and oxygen atoms in total. The Labute approximate surface area is 196 Å². The van der Waals surface area contributed by atoms with Crippen LogP contribution in [0, 0.1) is 13.8 Å². The monoisotopic (exact) mass is 470 g/mol. The zero-order valence-electron chi connectivity index (χ0n) is 19.3. The standard InChI is InChI=1S/C23H27ClN6O3/c1-11-9-30(10-12(2)33-11)22(32)16-7-25-23(26-8-16)27-14(4)19-13(3)20-18(6-17(19)24)28-15(5)29-21(20)31/h6-8,11-12,14H,9-10H2,1-5H3,(H,25,26,27)(H,28,29,31)/t11-,12+,14?. The van der Waals surface area contributed by atoms with E-state index in [1.165, 1.54) is 12.4 Å². The first-order chi connectivity index (χ1) is 15.6. The van der Waals surface area contributed by atoms with Gasteiger partial charge >= 0.3 is 0 Å². The molecule has 1 aromatic carbocycles. The Hall–Kier alpha value is -3.04. The molecule has 1 amide bonds. The van der Waals surface area contributed by atoms with Crippen LogP contribution in [0.3, 0.4) is 0 Å². The van der Waals surface area contributed by atoms with Crippen LogP contribution in [0.1, 0.15) is 54.1 Å². The number of ether oxygens (including phenoxy) is 1. The van der Waals surface area contributed by atoms with Gasteiger partial charge in [-0.3, -0.25) is 9.59 Å². The van der Waals surface area contributed by atoms with Gasteiger partial charge in [-0.15, -0.1) is 0 Å². The number of aryl methyl sites for hydroxylation is 2. The van der Waals surface area contributed by atoms with Crippen LogP contribution in [0.15, 0.2) is 23.3 Å². The van der Waals surface area contributed by atoms with Crippen LogP contribution in [0.4, 0.5) is 5.95 Å². The second-order valence-corrected chi connectivity index (χ2v) is 8.98. The van der Waals surface area contributed by atoms with Crippen LogP contribution >= 0.6 is 11.6 Å². The van der Waals surface area contributed by atoms with Crippen molar-refractivity contribution < 1.29 is 9.53 Å². The van der Waals surface area contributed by atoms with Crippen molar-refractivity contribution in [3.8, 4) is 0 Å². The van der Waals surface area contributed by atoms with E-state index in [1.54, 1.807) is 17.9 Å². The van der Waals surface area contributed by atoms with Crippen molar-refractivity contribution in [3.63, 3.8) is 0 Å². The predicted octanol–water partition coefficient (Wildman–Crippen LogP) is 3.41. The van der Waals surface area contributed by atoms with Gasteiger partial charge in [-0.2, -0.15) is 0 Å². The Kier molecular flexibility index (Phi) is 6.36. The zero-order valence-corrected chi connectivity index (χ0v) is 20.0. The zero-order chi connectivity index (χ0) is 23.9. The van der Waals surface area contributed by atoms with Gasteiger partial charge in [0, 0.05) is 30.5 Å². The minimum absolute atomic E-state index is 0.0123. The first-order valence-corrected chi connectivity index (χ1v) is 11.2. The number of nitrogens with one attached hydrogen (secondary N) is 2. The summed E-state index contributed by atoms with van der Waals surface area (Å²) in [6, 6.07) is 1.41. The van der Waals surface area contributed by atoms with Crippen molar-refractivity contribution in [1.29, 1.82) is 0 Å². The van der Waals surface area contributed by atoms with E-state index in [0.29, 0.717) is 46.4 Å². The summed E-state index contributed by atoms with van der Waals surface area (Å²) in [6.07, 6.45) is 3.01. The highest BCUT2D eigenvalue weighted by Crippen LogP contribution is 2.32. The van der Waals surface area contributed by atoms with Gasteiger partial charge in [0.05, 0.1) is 34.7 Å². The summed E-state index contributed by atoms with van der Waals surface area (Å²) in [6.45, 7) is 10.5. The summed E-state index contributed by atoms with van der Waals surface area (Å²) in [4.78, 5) is 42.9. The molecule has 3 aromatic rings. The van der Waals surface area contributed by atoms with E-state index in [1.807, 2.05) is 27.7 Å². The van der Waals surface area contributed by atoms with Crippen LogP contribution in [0.25, 0.3) is 10.9 Å². The third-order valence-electron chi connectivity index (χ3n) is 5.75. The number of nitrogens with zero attached hydrogens (tertiary/aromatic N) is 4. The lowest BCUT2D eigenvalue weighted by Gasteiger charge is -2.35. The average molecular weight is 471 g/mol. The van der Waals surface area contributed by atoms with Gasteiger partial charge in [0.1, 0.15) is 5.82 Å². The van der Waals surface area contributed by atoms with Crippen molar-refractivity contribution in [2.24, 2.45) is 0 Å². The number of carbonyl (C=O) groups excluding carboxylic acids is 1. The Morgan fingerprint density at radius 2 is 1.88 bits per heavy atom. The van der Waals surface area contributed by atoms with Crippen molar-refractivity contribution >= 4 is 34.4 Å². The highest BCUT2D eigenvalue weighted by molar-refractivity contribution is 6.32. The molecule has 3 heterocycles. The number of hydrogen-bond donors (Lipinski definition) is 2. The van der Waals surface area contributed by atoms with Crippen molar-refractivity contribution in [2.75, 3.05) is 18.4 Å². The number of aromatic nitrogens is 4. The average Bonchev–Trinajstić information content (AvgIpc) is 2.72. The lowest BCUT2D eigenvalue weighted by atomic mass is 9.98. The molecule has 4 rings (SSSR count). The number of aromatic amines is 1. The highest BCUT2D eigenvalue weighted by Gasteiger charge is 2.27. The topological polar surface area (TPSA) is 113 Å². The van der Waals surface area contributed by atoms with Gasteiger partial charge in [0.25, 0.3) is 11.5 Å². The van der Waals surface area contributed by atoms with Crippen molar-refractivity contribution in [2.45, 2.75) is 52.9 Å². The number of fused-ring (bicyclic) bond motifs is 1. The molecule has 1 fully saturated rings. The quantitative estimate of drug-likeness (QED) is 0.600. The van der Waals surface area contributed by atoms with E-state index in [9.17, 15) is 9.59 Å². The lowest BCUT2D eigenvalue weighted by Crippen LogP contribution is -2.48. The molecule has 0 saturated carbocycles. The van der Waals surface area contributed by atoms with Crippen molar-refractivity contribution in [3.05, 3.63) is 56.4 Å². The number of amides is 1. The first-order valence-electron chi connectivity index (χ1n) is 10.9. The van der Waals surface area contributed by atoms with Gasteiger partial charge in [0.15, 0.2) is 0 Å². The summed E-state index contributed by atoms with van der Waals surface area (Å²) in [5.41, 5.74) is 2.28. The molecule has 174 valence electrons. The van der Waals surface area contributed by atoms with Gasteiger partial charge in [-0.1, -0.05) is 11.6 Å². The van der Waals surface area contributed by atoms with Gasteiger partial charge in [-0.05, 0) is 51.8 Å². The second kappa shape index (κ2) is 9.07. The van der Waals surface area contributed by atoms with Crippen LogP contribution in [-0.2, 0) is 4.74 Å². The number of benzene rings is 1. The fourth-order valence-corrected chi connectivity index (χ4v) is 4.83. The summed E-state index contributed by atoms with van der Waals surface area (Å²) < 4.78 is 5.70. The van der Waals surface area contributed by atoms with E-state index >= 15 is 0 Å². The summed E-state index contributed by atoms with van der Waals surface area (Å²) in [7, 11) is 0. The summed E-state index contributed by atoms with van der Waals surface area (Å²) in [5.74, 6) is 0.771. The molecule has 2 N–H and O–H groups in total. The highest BCUT2D eigenvalue weighted by atomic mass is 35.5. The third-order valence-corrected chi connectivity index (χ3v) is 6.06. The molecule has 1 unspecified atom stereocenters. The predicted molar refractivity (Wildman–Crippen MR) is 127 cm³/mol. The van der Waals surface area contributed by atoms with Crippen LogP contribution in [0.2, 0.25) is 5.02 Å². The number of halogens is 1. The largest absolute Gasteiger partial charge is 0.372 e. The molecule has 0 aliphatic carbocycles. The molecule has 0 spiro atoms. The molecule has 3 atom stereocenters. The molecule has 10 heteroatoms. The molecular formula is C23H27ClN6O3. The number of H-pyrrole nitrogens is 1. The molecule has 1 aliphatic heterocycles. The molecule has 1 aliphatic rings. The summed E-state index contributed by atoms with van der Waals surface area (Å²) in [5, 5.41) is 4.21. The van der Waals surface area contributed by atoms with E-state index in [2.05, 4.69) is 25.3 Å². The van der Waals surface area contributed by atoms with E-state index in [-0.39, 0.29) is 29.7 Å². The van der Waals surface area contributed by atoms with E-state index in [4.69, 9.17) is 16.3 Å². The van der Waals surface area contributed by atoms with Crippen LogP contribution in [0.5, 0.6) is 0 Å². The molecule has 1 saturated heterocycles. The Bertz CT molecular complexity index is 1250. The Morgan fingerprint density at radius 3 is 2.52 bits per heavy atom. The van der Waals surface area contributed by atoms with Gasteiger partial charge in [-0.25, -0.2) is 15.0 Å². The third kappa shape index (κ3) is 4.69. The Morgan fingerprint density at radius 1 is 1.24 bits per heavy atom. The smallest absolute Gasteiger partial charge is 0.259 e. The normalized spacial score (nSPS) is 19.5. The second-order valence-electron chi connectivity index (χ2n) is 8.57. The minimum atomic E-state index is -0.287. The van der Waals surface area contributed by atoms with E-state index in [0.717, 1.165) is 11.1 Å². The molecular weight excluding hydrogens is 444 g/mol. The van der Waals surface area contributed by atoms with Crippen molar-refractivity contribution in [1.82, 2.24) is 24.8 Å². The molecule has 33 heavy (non-hydrogen) atoms. The molecule has 0 radical (unpaired) electrons. The number of carbonyl (C=O) groups is 1. The van der Waals surface area contributed by atoms with E-state index < -0.39 is 0 Å². The first kappa shape index (κ1) is 23.1. The summed E-state index contributed by atoms with van der Waals surface area (Å²) >= 11 is 6.56. The van der Waals surface area contributed by atoms with Gasteiger partial charge < -0.3 is 19.9 Å². The number of morpholine rings is 1. The fraction of sp³-hybridized carbons (Fsp3) is 0.435. The van der Waals surface area contributed by atoms with Gasteiger partial charge in [0.2, 0.25) is 5.95 Å². The fourth-order valence-electron chi connectivity index (χ4n) is 4.42. The maximum atomic E-state index is 12.8. The molecule has 2 aromatic heterocycles.